The highest BCUT2D eigenvalue weighted by Gasteiger charge is 2.13. The molecule has 104 valence electrons. The SMILES string of the molecule is COC(=O)c1cccnc1CSc1nc(N)cc(Cl)n1. The summed E-state index contributed by atoms with van der Waals surface area (Å²) in [6, 6.07) is 4.79. The molecular formula is C12H11ClN4O2S. The number of anilines is 1. The maximum Gasteiger partial charge on any atom is 0.339 e. The van der Waals surface area contributed by atoms with Crippen LogP contribution in [0.4, 0.5) is 5.82 Å². The van der Waals surface area contributed by atoms with Gasteiger partial charge >= 0.3 is 5.97 Å². The summed E-state index contributed by atoms with van der Waals surface area (Å²) in [5.41, 5.74) is 6.59. The number of nitrogen functional groups attached to an aromatic ring is 1. The van der Waals surface area contributed by atoms with E-state index < -0.39 is 5.97 Å². The zero-order valence-corrected chi connectivity index (χ0v) is 12.1. The molecule has 2 heterocycles. The Morgan fingerprint density at radius 2 is 2.30 bits per heavy atom. The lowest BCUT2D eigenvalue weighted by Crippen LogP contribution is -2.06. The molecule has 20 heavy (non-hydrogen) atoms. The van der Waals surface area contributed by atoms with Gasteiger partial charge < -0.3 is 10.5 Å². The average molecular weight is 311 g/mol. The predicted molar refractivity (Wildman–Crippen MR) is 76.6 cm³/mol. The van der Waals surface area contributed by atoms with Crippen molar-refractivity contribution in [2.45, 2.75) is 10.9 Å². The van der Waals surface area contributed by atoms with Crippen LogP contribution in [0.3, 0.4) is 0 Å². The third-order valence-corrected chi connectivity index (χ3v) is 3.38. The highest BCUT2D eigenvalue weighted by Crippen LogP contribution is 2.22. The molecule has 0 spiro atoms. The molecule has 0 aliphatic rings. The molecule has 8 heteroatoms. The molecule has 6 nitrogen and oxygen atoms in total. The van der Waals surface area contributed by atoms with Crippen molar-refractivity contribution in [3.63, 3.8) is 0 Å². The quantitative estimate of drug-likeness (QED) is 0.400. The smallest absolute Gasteiger partial charge is 0.339 e. The maximum absolute atomic E-state index is 11.6. The third kappa shape index (κ3) is 3.58. The van der Waals surface area contributed by atoms with Crippen LogP contribution in [0, 0.1) is 0 Å². The zero-order valence-electron chi connectivity index (χ0n) is 10.5. The number of rotatable bonds is 4. The zero-order chi connectivity index (χ0) is 14.5. The average Bonchev–Trinajstić information content (AvgIpc) is 2.43. The Bertz CT molecular complexity index is 618. The van der Waals surface area contributed by atoms with E-state index in [9.17, 15) is 4.79 Å². The molecular weight excluding hydrogens is 300 g/mol. The Morgan fingerprint density at radius 1 is 1.50 bits per heavy atom. The first-order valence-corrected chi connectivity index (χ1v) is 6.91. The van der Waals surface area contributed by atoms with Crippen LogP contribution in [-0.4, -0.2) is 28.0 Å². The van der Waals surface area contributed by atoms with Gasteiger partial charge in [-0.25, -0.2) is 14.8 Å². The molecule has 0 saturated carbocycles. The molecule has 0 amide bonds. The summed E-state index contributed by atoms with van der Waals surface area (Å²) in [4.78, 5) is 23.9. The minimum absolute atomic E-state index is 0.272. The largest absolute Gasteiger partial charge is 0.465 e. The molecule has 0 saturated heterocycles. The number of ether oxygens (including phenoxy) is 1. The van der Waals surface area contributed by atoms with E-state index in [2.05, 4.69) is 15.0 Å². The monoisotopic (exact) mass is 310 g/mol. The maximum atomic E-state index is 11.6. The second kappa shape index (κ2) is 6.53. The number of halogens is 1. The number of nitrogens with two attached hydrogens (primary N) is 1. The van der Waals surface area contributed by atoms with Crippen molar-refractivity contribution in [3.8, 4) is 0 Å². The topological polar surface area (TPSA) is 91.0 Å². The van der Waals surface area contributed by atoms with Gasteiger partial charge in [0.15, 0.2) is 5.16 Å². The van der Waals surface area contributed by atoms with E-state index in [1.165, 1.54) is 24.9 Å². The van der Waals surface area contributed by atoms with Crippen molar-refractivity contribution in [1.29, 1.82) is 0 Å². The van der Waals surface area contributed by atoms with Gasteiger partial charge in [0.05, 0.1) is 18.4 Å². The standard InChI is InChI=1S/C12H11ClN4O2S/c1-19-11(18)7-3-2-4-15-8(7)6-20-12-16-9(13)5-10(14)17-12/h2-5H,6H2,1H3,(H2,14,16,17). The van der Waals surface area contributed by atoms with Gasteiger partial charge in [-0.3, -0.25) is 4.98 Å². The Morgan fingerprint density at radius 3 is 3.00 bits per heavy atom. The summed E-state index contributed by atoms with van der Waals surface area (Å²) in [5.74, 6) is 0.271. The van der Waals surface area contributed by atoms with E-state index in [1.807, 2.05) is 0 Å². The van der Waals surface area contributed by atoms with Crippen molar-refractivity contribution < 1.29 is 9.53 Å². The fourth-order valence-corrected chi connectivity index (χ4v) is 2.53. The van der Waals surface area contributed by atoms with Gasteiger partial charge in [-0.05, 0) is 12.1 Å². The number of carbonyl (C=O) groups excluding carboxylic acids is 1. The molecule has 0 aliphatic heterocycles. The summed E-state index contributed by atoms with van der Waals surface area (Å²) in [6.45, 7) is 0. The number of hydrogen-bond acceptors (Lipinski definition) is 7. The van der Waals surface area contributed by atoms with E-state index >= 15 is 0 Å². The molecule has 2 N–H and O–H groups in total. The number of esters is 1. The van der Waals surface area contributed by atoms with Crippen molar-refractivity contribution in [3.05, 3.63) is 40.8 Å². The first kappa shape index (κ1) is 14.5. The number of carbonyl (C=O) groups is 1. The number of hydrogen-bond donors (Lipinski definition) is 1. The van der Waals surface area contributed by atoms with E-state index in [-0.39, 0.29) is 5.15 Å². The predicted octanol–water partition coefficient (Wildman–Crippen LogP) is 2.19. The summed E-state index contributed by atoms with van der Waals surface area (Å²) in [5, 5.41) is 0.700. The first-order chi connectivity index (χ1) is 9.60. The minimum atomic E-state index is -0.430. The normalized spacial score (nSPS) is 10.3. The van der Waals surface area contributed by atoms with Crippen LogP contribution in [0.5, 0.6) is 0 Å². The summed E-state index contributed by atoms with van der Waals surface area (Å²) in [6.07, 6.45) is 1.61. The van der Waals surface area contributed by atoms with Crippen LogP contribution in [0.2, 0.25) is 5.15 Å². The van der Waals surface area contributed by atoms with Crippen LogP contribution in [0.1, 0.15) is 16.1 Å². The summed E-state index contributed by atoms with van der Waals surface area (Å²) < 4.78 is 4.71. The third-order valence-electron chi connectivity index (χ3n) is 2.33. The van der Waals surface area contributed by atoms with Crippen molar-refractivity contribution in [2.75, 3.05) is 12.8 Å². The Labute approximate surface area is 124 Å². The highest BCUT2D eigenvalue weighted by molar-refractivity contribution is 7.98. The number of thioether (sulfide) groups is 1. The van der Waals surface area contributed by atoms with E-state index in [4.69, 9.17) is 22.1 Å². The lowest BCUT2D eigenvalue weighted by molar-refractivity contribution is 0.0599. The van der Waals surface area contributed by atoms with E-state index in [1.54, 1.807) is 18.3 Å². The summed E-state index contributed by atoms with van der Waals surface area (Å²) >= 11 is 7.09. The lowest BCUT2D eigenvalue weighted by Gasteiger charge is -2.06. The van der Waals surface area contributed by atoms with Crippen molar-refractivity contribution in [2.24, 2.45) is 0 Å². The molecule has 2 aromatic rings. The van der Waals surface area contributed by atoms with Crippen LogP contribution in [-0.2, 0) is 10.5 Å². The Kier molecular flexibility index (Phi) is 4.75. The Hall–Kier alpha value is -1.86. The second-order valence-electron chi connectivity index (χ2n) is 3.68. The fraction of sp³-hybridized carbons (Fsp3) is 0.167. The lowest BCUT2D eigenvalue weighted by atomic mass is 10.2. The number of nitrogens with zero attached hydrogens (tertiary/aromatic N) is 3. The van der Waals surface area contributed by atoms with Gasteiger partial charge in [-0.15, -0.1) is 0 Å². The second-order valence-corrected chi connectivity index (χ2v) is 5.01. The molecule has 0 aromatic carbocycles. The Balaban J connectivity index is 2.16. The first-order valence-electron chi connectivity index (χ1n) is 5.55. The van der Waals surface area contributed by atoms with E-state index in [0.29, 0.717) is 28.0 Å². The molecule has 0 bridgehead atoms. The van der Waals surface area contributed by atoms with Crippen LogP contribution >= 0.6 is 23.4 Å². The summed E-state index contributed by atoms with van der Waals surface area (Å²) in [7, 11) is 1.33. The minimum Gasteiger partial charge on any atom is -0.465 e. The van der Waals surface area contributed by atoms with Crippen LogP contribution < -0.4 is 5.73 Å². The molecule has 0 aliphatic carbocycles. The molecule has 2 rings (SSSR count). The van der Waals surface area contributed by atoms with Gasteiger partial charge in [-0.1, -0.05) is 23.4 Å². The van der Waals surface area contributed by atoms with Gasteiger partial charge in [0.25, 0.3) is 0 Å². The van der Waals surface area contributed by atoms with E-state index in [0.717, 1.165) is 0 Å². The molecule has 0 fully saturated rings. The van der Waals surface area contributed by atoms with Gasteiger partial charge in [0.2, 0.25) is 0 Å². The fourth-order valence-electron chi connectivity index (χ4n) is 1.46. The molecule has 0 atom stereocenters. The van der Waals surface area contributed by atoms with Gasteiger partial charge in [-0.2, -0.15) is 0 Å². The van der Waals surface area contributed by atoms with Crippen molar-refractivity contribution >= 4 is 35.1 Å². The highest BCUT2D eigenvalue weighted by atomic mass is 35.5. The van der Waals surface area contributed by atoms with Crippen LogP contribution in [0.15, 0.2) is 29.6 Å². The van der Waals surface area contributed by atoms with Gasteiger partial charge in [0.1, 0.15) is 11.0 Å². The van der Waals surface area contributed by atoms with Crippen LogP contribution in [0.25, 0.3) is 0 Å². The molecule has 2 aromatic heterocycles. The number of aromatic nitrogens is 3. The molecule has 0 unspecified atom stereocenters. The molecule has 0 radical (unpaired) electrons. The van der Waals surface area contributed by atoms with Crippen molar-refractivity contribution in [1.82, 2.24) is 15.0 Å². The van der Waals surface area contributed by atoms with Gasteiger partial charge in [0, 0.05) is 18.0 Å². The number of pyridine rings is 1. The number of methoxy groups -OCH3 is 1.